The first-order valence-electron chi connectivity index (χ1n) is 12.9. The molecule has 0 spiro atoms. The predicted molar refractivity (Wildman–Crippen MR) is 154 cm³/mol. The Morgan fingerprint density at radius 1 is 0.829 bits per heavy atom. The minimum Gasteiger partial charge on any atom is -0.457 e. The van der Waals surface area contributed by atoms with Gasteiger partial charge in [0.05, 0.1) is 25.2 Å². The number of nitrogens with one attached hydrogen (secondary N) is 1. The van der Waals surface area contributed by atoms with Gasteiger partial charge in [-0.3, -0.25) is 15.0 Å². The molecule has 9 nitrogen and oxygen atoms in total. The number of hydrogen-bond donors (Lipinski definition) is 1. The van der Waals surface area contributed by atoms with E-state index >= 15 is 0 Å². The summed E-state index contributed by atoms with van der Waals surface area (Å²) in [7, 11) is 0. The average molecular weight is 631 g/mol. The molecule has 0 saturated carbocycles. The van der Waals surface area contributed by atoms with Gasteiger partial charge >= 0.3 is 11.9 Å². The van der Waals surface area contributed by atoms with Crippen molar-refractivity contribution >= 4 is 52.6 Å². The van der Waals surface area contributed by atoms with Crippen LogP contribution in [0.15, 0.2) is 60.7 Å². The largest absolute Gasteiger partial charge is 0.457 e. The number of carbonyl (C=O) groups excluding carboxylic acids is 2. The molecule has 2 aromatic rings. The number of esters is 2. The summed E-state index contributed by atoms with van der Waals surface area (Å²) in [6.07, 6.45) is -5.97. The van der Waals surface area contributed by atoms with E-state index in [0.717, 1.165) is 11.1 Å². The Morgan fingerprint density at radius 2 is 1.39 bits per heavy atom. The van der Waals surface area contributed by atoms with Crippen LogP contribution in [0.25, 0.3) is 0 Å². The van der Waals surface area contributed by atoms with Gasteiger partial charge in [-0.2, -0.15) is 0 Å². The molecule has 224 valence electrons. The van der Waals surface area contributed by atoms with Crippen molar-refractivity contribution in [3.63, 3.8) is 0 Å². The first-order valence-corrected chi connectivity index (χ1v) is 14.0. The highest BCUT2D eigenvalue weighted by Crippen LogP contribution is 2.35. The van der Waals surface area contributed by atoms with Crippen molar-refractivity contribution in [3.05, 3.63) is 71.8 Å². The van der Waals surface area contributed by atoms with E-state index in [-0.39, 0.29) is 19.8 Å². The van der Waals surface area contributed by atoms with Crippen LogP contribution in [0.4, 0.5) is 0 Å². The number of alkyl halides is 3. The zero-order chi connectivity index (χ0) is 30.2. The van der Waals surface area contributed by atoms with Crippen LogP contribution >= 0.6 is 34.8 Å². The Labute approximate surface area is 254 Å². The number of halogens is 3. The highest BCUT2D eigenvalue weighted by atomic mass is 35.6. The fourth-order valence-corrected chi connectivity index (χ4v) is 4.01. The number of carbonyl (C=O) groups is 2. The maximum Gasteiger partial charge on any atom is 0.311 e. The van der Waals surface area contributed by atoms with E-state index in [1.807, 2.05) is 60.7 Å². The molecule has 0 radical (unpaired) electrons. The molecule has 3 rings (SSSR count). The molecular weight excluding hydrogens is 597 g/mol. The lowest BCUT2D eigenvalue weighted by molar-refractivity contribution is -0.301. The standard InChI is InChI=1S/C29H34Cl3NO8/c1-18(34)38-22-21(17-36-15-19-11-7-5-8-12-19)39-25(41-26(33)29(30,31)32)24(40-27(35)28(2,3)4)23(22)37-16-20-13-9-6-10-14-20/h5-14,21-25,33H,15-17H2,1-4H3/t21-,22-,23+,24+,25-/m1/s1. The lowest BCUT2D eigenvalue weighted by Crippen LogP contribution is -2.63. The van der Waals surface area contributed by atoms with Gasteiger partial charge in [0.25, 0.3) is 3.79 Å². The van der Waals surface area contributed by atoms with Gasteiger partial charge in [0.15, 0.2) is 12.2 Å². The van der Waals surface area contributed by atoms with Gasteiger partial charge in [-0.25, -0.2) is 0 Å². The Balaban J connectivity index is 1.97. The van der Waals surface area contributed by atoms with Gasteiger partial charge in [-0.1, -0.05) is 95.5 Å². The molecule has 1 aliphatic heterocycles. The molecule has 0 bridgehead atoms. The molecule has 0 amide bonds. The summed E-state index contributed by atoms with van der Waals surface area (Å²) in [6, 6.07) is 18.7. The number of hydrogen-bond acceptors (Lipinski definition) is 9. The van der Waals surface area contributed by atoms with E-state index < -0.39 is 57.7 Å². The van der Waals surface area contributed by atoms with Crippen LogP contribution < -0.4 is 0 Å². The Hall–Kier alpha value is -2.40. The minimum atomic E-state index is -2.23. The first kappa shape index (κ1) is 33.1. The van der Waals surface area contributed by atoms with Crippen molar-refractivity contribution in [2.75, 3.05) is 6.61 Å². The molecule has 0 aliphatic carbocycles. The van der Waals surface area contributed by atoms with Crippen LogP contribution in [0.5, 0.6) is 0 Å². The maximum absolute atomic E-state index is 13.1. The van der Waals surface area contributed by atoms with Crippen LogP contribution in [0.1, 0.15) is 38.8 Å². The molecule has 2 aromatic carbocycles. The van der Waals surface area contributed by atoms with Gasteiger partial charge in [0, 0.05) is 6.92 Å². The van der Waals surface area contributed by atoms with E-state index in [0.29, 0.717) is 0 Å². The monoisotopic (exact) mass is 629 g/mol. The third kappa shape index (κ3) is 10.1. The molecule has 1 heterocycles. The van der Waals surface area contributed by atoms with Crippen LogP contribution in [0.2, 0.25) is 0 Å². The summed E-state index contributed by atoms with van der Waals surface area (Å²) in [5.74, 6) is -2.00. The quantitative estimate of drug-likeness (QED) is 0.152. The van der Waals surface area contributed by atoms with E-state index in [1.165, 1.54) is 6.92 Å². The topological polar surface area (TPSA) is 113 Å². The highest BCUT2D eigenvalue weighted by Gasteiger charge is 2.53. The molecular formula is C29H34Cl3NO8. The molecule has 0 aromatic heterocycles. The van der Waals surface area contributed by atoms with E-state index in [2.05, 4.69) is 0 Å². The van der Waals surface area contributed by atoms with Gasteiger partial charge in [0.2, 0.25) is 12.2 Å². The third-order valence-electron chi connectivity index (χ3n) is 5.92. The summed E-state index contributed by atoms with van der Waals surface area (Å²) in [4.78, 5) is 25.3. The SMILES string of the molecule is CC(=O)O[C@H]1[C@H](OCc2ccccc2)[C@H](OC(=O)C(C)(C)C)[C@@H](OC(=N)C(Cl)(Cl)Cl)O[C@@H]1COCc1ccccc1. The summed E-state index contributed by atoms with van der Waals surface area (Å²) in [6.45, 7) is 6.48. The van der Waals surface area contributed by atoms with E-state index in [4.69, 9.17) is 68.6 Å². The Morgan fingerprint density at radius 3 is 1.90 bits per heavy atom. The minimum absolute atomic E-state index is 0.0685. The third-order valence-corrected chi connectivity index (χ3v) is 6.43. The van der Waals surface area contributed by atoms with Crippen molar-refractivity contribution < 1.29 is 38.0 Å². The summed E-state index contributed by atoms with van der Waals surface area (Å²) < 4.78 is 33.2. The fourth-order valence-electron chi connectivity index (χ4n) is 3.87. The molecule has 0 unspecified atom stereocenters. The molecule has 41 heavy (non-hydrogen) atoms. The van der Waals surface area contributed by atoms with Gasteiger partial charge in [0.1, 0.15) is 12.2 Å². The second kappa shape index (κ2) is 14.7. The molecule has 12 heteroatoms. The van der Waals surface area contributed by atoms with Crippen molar-refractivity contribution in [2.24, 2.45) is 5.41 Å². The first-order chi connectivity index (χ1) is 19.3. The van der Waals surface area contributed by atoms with Crippen molar-refractivity contribution in [3.8, 4) is 0 Å². The van der Waals surface area contributed by atoms with Crippen LogP contribution in [0.3, 0.4) is 0 Å². The second-order valence-corrected chi connectivity index (χ2v) is 12.7. The summed E-state index contributed by atoms with van der Waals surface area (Å²) in [5.41, 5.74) is 0.793. The average Bonchev–Trinajstić information content (AvgIpc) is 2.90. The van der Waals surface area contributed by atoms with Crippen LogP contribution in [0, 0.1) is 10.8 Å². The highest BCUT2D eigenvalue weighted by molar-refractivity contribution is 6.76. The zero-order valence-electron chi connectivity index (χ0n) is 23.2. The molecule has 1 saturated heterocycles. The number of benzene rings is 2. The van der Waals surface area contributed by atoms with Gasteiger partial charge in [-0.05, 0) is 31.9 Å². The smallest absolute Gasteiger partial charge is 0.311 e. The predicted octanol–water partition coefficient (Wildman–Crippen LogP) is 5.77. The molecule has 1 N–H and O–H groups in total. The van der Waals surface area contributed by atoms with Crippen molar-refractivity contribution in [2.45, 2.75) is 75.4 Å². The van der Waals surface area contributed by atoms with Crippen LogP contribution in [-0.4, -0.2) is 58.9 Å². The maximum atomic E-state index is 13.1. The van der Waals surface area contributed by atoms with Crippen molar-refractivity contribution in [1.82, 2.24) is 0 Å². The summed E-state index contributed by atoms with van der Waals surface area (Å²) >= 11 is 17.7. The van der Waals surface area contributed by atoms with Crippen molar-refractivity contribution in [1.29, 1.82) is 5.41 Å². The lowest BCUT2D eigenvalue weighted by atomic mass is 9.95. The Bertz CT molecular complexity index is 1150. The fraction of sp³-hybridized carbons (Fsp3) is 0.483. The second-order valence-electron chi connectivity index (χ2n) is 10.4. The Kier molecular flexibility index (Phi) is 11.8. The lowest BCUT2D eigenvalue weighted by Gasteiger charge is -2.45. The molecule has 5 atom stereocenters. The number of rotatable bonds is 10. The van der Waals surface area contributed by atoms with Crippen LogP contribution in [-0.2, 0) is 51.2 Å². The summed E-state index contributed by atoms with van der Waals surface area (Å²) in [5, 5.41) is 8.16. The normalized spacial score (nSPS) is 23.0. The molecule has 1 fully saturated rings. The number of ether oxygens (including phenoxy) is 6. The van der Waals surface area contributed by atoms with E-state index in [9.17, 15) is 9.59 Å². The van der Waals surface area contributed by atoms with E-state index in [1.54, 1.807) is 20.8 Å². The zero-order valence-corrected chi connectivity index (χ0v) is 25.4. The van der Waals surface area contributed by atoms with Gasteiger partial charge in [-0.15, -0.1) is 0 Å². The van der Waals surface area contributed by atoms with Gasteiger partial charge < -0.3 is 28.4 Å². The molecule has 1 aliphatic rings.